The van der Waals surface area contributed by atoms with Crippen LogP contribution in [0.5, 0.6) is 5.75 Å². The van der Waals surface area contributed by atoms with Gasteiger partial charge in [0, 0.05) is 17.5 Å². The number of nitrogens with one attached hydrogen (secondary N) is 1. The molecule has 1 amide bonds. The lowest BCUT2D eigenvalue weighted by Gasteiger charge is -2.37. The van der Waals surface area contributed by atoms with Crippen LogP contribution in [0.2, 0.25) is 4.34 Å². The van der Waals surface area contributed by atoms with Crippen molar-refractivity contribution >= 4 is 50.2 Å². The first kappa shape index (κ1) is 24.0. The van der Waals surface area contributed by atoms with Crippen molar-refractivity contribution in [1.29, 1.82) is 0 Å². The fraction of sp³-hybridized carbons (Fsp3) is 0.263. The molecule has 0 bridgehead atoms. The first-order valence-corrected chi connectivity index (χ1v) is 12.9. The lowest BCUT2D eigenvalue weighted by atomic mass is 10.1. The smallest absolute Gasteiger partial charge is 0.406 e. The maximum Gasteiger partial charge on any atom is 0.573 e. The summed E-state index contributed by atoms with van der Waals surface area (Å²) in [6.45, 7) is 0.333. The average molecular weight is 538 g/mol. The molecule has 176 valence electrons. The molecule has 2 aromatic heterocycles. The number of aromatic nitrogens is 1. The van der Waals surface area contributed by atoms with Gasteiger partial charge < -0.3 is 10.1 Å². The van der Waals surface area contributed by atoms with E-state index in [0.717, 1.165) is 15.6 Å². The summed E-state index contributed by atoms with van der Waals surface area (Å²) in [7, 11) is -3.79. The third-order valence-electron chi connectivity index (χ3n) is 4.73. The molecule has 1 aliphatic rings. The zero-order valence-electron chi connectivity index (χ0n) is 16.5. The second-order valence-electron chi connectivity index (χ2n) is 6.90. The molecule has 0 unspecified atom stereocenters. The Morgan fingerprint density at radius 1 is 1.24 bits per heavy atom. The van der Waals surface area contributed by atoms with E-state index >= 15 is 0 Å². The van der Waals surface area contributed by atoms with E-state index in [2.05, 4.69) is 15.0 Å². The highest BCUT2D eigenvalue weighted by Gasteiger charge is 2.43. The molecule has 1 saturated heterocycles. The standard InChI is InChI=1S/C19H15ClF3N3O4S3/c20-15-5-6-17(32-15)33(28,29)26-8-7-14(26)18(27)24-9-16-25-13(10-31-16)11-1-3-12(4-2-11)30-19(21,22)23/h1-6,10,14H,7-9H2,(H,24,27)/t14-/m0/s1. The zero-order valence-corrected chi connectivity index (χ0v) is 19.7. The van der Waals surface area contributed by atoms with E-state index in [9.17, 15) is 26.4 Å². The Labute approximate surface area is 199 Å². The highest BCUT2D eigenvalue weighted by atomic mass is 35.5. The topological polar surface area (TPSA) is 88.6 Å². The number of benzene rings is 1. The van der Waals surface area contributed by atoms with Crippen molar-refractivity contribution in [3.63, 3.8) is 0 Å². The number of alkyl halides is 3. The predicted molar refractivity (Wildman–Crippen MR) is 118 cm³/mol. The summed E-state index contributed by atoms with van der Waals surface area (Å²) >= 11 is 8.02. The van der Waals surface area contributed by atoms with Crippen molar-refractivity contribution in [2.45, 2.75) is 29.6 Å². The number of thiophene rings is 1. The largest absolute Gasteiger partial charge is 0.573 e. The first-order chi connectivity index (χ1) is 15.5. The van der Waals surface area contributed by atoms with E-state index in [1.807, 2.05) is 0 Å². The molecule has 0 radical (unpaired) electrons. The quantitative estimate of drug-likeness (QED) is 0.479. The van der Waals surface area contributed by atoms with Gasteiger partial charge in [0.25, 0.3) is 10.0 Å². The van der Waals surface area contributed by atoms with Gasteiger partial charge in [-0.15, -0.1) is 35.8 Å². The van der Waals surface area contributed by atoms with E-state index < -0.39 is 28.3 Å². The van der Waals surface area contributed by atoms with Crippen LogP contribution in [-0.4, -0.2) is 42.6 Å². The van der Waals surface area contributed by atoms with Crippen LogP contribution >= 0.6 is 34.3 Å². The van der Waals surface area contributed by atoms with Crippen molar-refractivity contribution in [1.82, 2.24) is 14.6 Å². The number of amides is 1. The number of thiazole rings is 1. The van der Waals surface area contributed by atoms with Gasteiger partial charge in [0.15, 0.2) is 0 Å². The Bertz CT molecular complexity index is 1260. The normalized spacial score (nSPS) is 16.9. The summed E-state index contributed by atoms with van der Waals surface area (Å²) in [5.41, 5.74) is 1.12. The van der Waals surface area contributed by atoms with Gasteiger partial charge in [0.05, 0.1) is 16.6 Å². The average Bonchev–Trinajstić information content (AvgIpc) is 3.34. The molecular weight excluding hydrogens is 523 g/mol. The Morgan fingerprint density at radius 2 is 1.97 bits per heavy atom. The van der Waals surface area contributed by atoms with E-state index in [1.54, 1.807) is 5.38 Å². The number of ether oxygens (including phenoxy) is 1. The summed E-state index contributed by atoms with van der Waals surface area (Å²) in [6, 6.07) is 7.38. The van der Waals surface area contributed by atoms with Crippen molar-refractivity contribution in [3.8, 4) is 17.0 Å². The minimum absolute atomic E-state index is 0.0845. The fourth-order valence-electron chi connectivity index (χ4n) is 3.10. The van der Waals surface area contributed by atoms with Gasteiger partial charge in [-0.25, -0.2) is 13.4 Å². The Morgan fingerprint density at radius 3 is 2.55 bits per heavy atom. The number of nitrogens with zero attached hydrogens (tertiary/aromatic N) is 2. The molecule has 1 aromatic carbocycles. The van der Waals surface area contributed by atoms with Gasteiger partial charge in [-0.05, 0) is 42.8 Å². The molecule has 0 spiro atoms. The van der Waals surface area contributed by atoms with Gasteiger partial charge in [-0.1, -0.05) is 11.6 Å². The minimum atomic E-state index is -4.76. The number of halogens is 4. The van der Waals surface area contributed by atoms with Crippen LogP contribution in [0.4, 0.5) is 13.2 Å². The molecule has 3 heterocycles. The number of carbonyl (C=O) groups excluding carboxylic acids is 1. The molecule has 1 aliphatic heterocycles. The lowest BCUT2D eigenvalue weighted by molar-refractivity contribution is -0.274. The molecule has 3 aromatic rings. The van der Waals surface area contributed by atoms with Crippen LogP contribution in [0, 0.1) is 0 Å². The highest BCUT2D eigenvalue weighted by Crippen LogP contribution is 2.33. The van der Waals surface area contributed by atoms with E-state index in [-0.39, 0.29) is 23.0 Å². The molecule has 14 heteroatoms. The summed E-state index contributed by atoms with van der Waals surface area (Å²) < 4.78 is 67.6. The molecule has 1 fully saturated rings. The van der Waals surface area contributed by atoms with Crippen molar-refractivity contribution in [3.05, 3.63) is 51.1 Å². The van der Waals surface area contributed by atoms with Crippen LogP contribution in [0.15, 0.2) is 46.0 Å². The van der Waals surface area contributed by atoms with Crippen molar-refractivity contribution < 1.29 is 31.1 Å². The van der Waals surface area contributed by atoms with Gasteiger partial charge in [0.1, 0.15) is 21.0 Å². The second-order valence-corrected chi connectivity index (χ2v) is 11.7. The third-order valence-corrected chi connectivity index (χ3v) is 9.19. The monoisotopic (exact) mass is 537 g/mol. The second kappa shape index (κ2) is 9.22. The molecule has 4 rings (SSSR count). The van der Waals surface area contributed by atoms with E-state index in [1.165, 1.54) is 47.7 Å². The van der Waals surface area contributed by atoms with E-state index in [4.69, 9.17) is 11.6 Å². The number of carbonyl (C=O) groups is 1. The van der Waals surface area contributed by atoms with Crippen LogP contribution in [0.3, 0.4) is 0 Å². The van der Waals surface area contributed by atoms with Crippen LogP contribution < -0.4 is 10.1 Å². The summed E-state index contributed by atoms with van der Waals surface area (Å²) in [6.07, 6.45) is -4.36. The van der Waals surface area contributed by atoms with Gasteiger partial charge in [-0.3, -0.25) is 4.79 Å². The number of sulfonamides is 1. The first-order valence-electron chi connectivity index (χ1n) is 9.38. The van der Waals surface area contributed by atoms with Crippen LogP contribution in [0.1, 0.15) is 11.4 Å². The Kier molecular flexibility index (Phi) is 6.69. The van der Waals surface area contributed by atoms with Gasteiger partial charge in [-0.2, -0.15) is 4.31 Å². The maximum atomic E-state index is 12.7. The van der Waals surface area contributed by atoms with Crippen molar-refractivity contribution in [2.75, 3.05) is 6.54 Å². The highest BCUT2D eigenvalue weighted by molar-refractivity contribution is 7.91. The van der Waals surface area contributed by atoms with Gasteiger partial charge in [0.2, 0.25) is 5.91 Å². The lowest BCUT2D eigenvalue weighted by Crippen LogP contribution is -2.57. The number of hydrogen-bond acceptors (Lipinski definition) is 7. The Balaban J connectivity index is 1.35. The molecular formula is C19H15ClF3N3O4S3. The van der Waals surface area contributed by atoms with E-state index in [0.29, 0.717) is 27.0 Å². The summed E-state index contributed by atoms with van der Waals surface area (Å²) in [4.78, 5) is 16.9. The van der Waals surface area contributed by atoms with Crippen LogP contribution in [0.25, 0.3) is 11.3 Å². The van der Waals surface area contributed by atoms with Gasteiger partial charge >= 0.3 is 6.36 Å². The van der Waals surface area contributed by atoms with Crippen molar-refractivity contribution in [2.24, 2.45) is 0 Å². The molecule has 1 atom stereocenters. The zero-order chi connectivity index (χ0) is 23.8. The fourth-order valence-corrected chi connectivity index (χ4v) is 7.09. The Hall–Kier alpha value is -2.19. The van der Waals surface area contributed by atoms with Crippen LogP contribution in [-0.2, 0) is 21.4 Å². The molecule has 7 nitrogen and oxygen atoms in total. The summed E-state index contributed by atoms with van der Waals surface area (Å²) in [5.74, 6) is -0.767. The predicted octanol–water partition coefficient (Wildman–Crippen LogP) is 4.50. The molecule has 0 aliphatic carbocycles. The minimum Gasteiger partial charge on any atom is -0.406 e. The molecule has 0 saturated carbocycles. The summed E-state index contributed by atoms with van der Waals surface area (Å²) in [5, 5.41) is 4.97. The maximum absolute atomic E-state index is 12.7. The molecule has 33 heavy (non-hydrogen) atoms. The third kappa shape index (κ3) is 5.49. The number of rotatable bonds is 7. The number of hydrogen-bond donors (Lipinski definition) is 1. The SMILES string of the molecule is O=C(NCc1nc(-c2ccc(OC(F)(F)F)cc2)cs1)[C@@H]1CCN1S(=O)(=O)c1ccc(Cl)s1. The molecule has 1 N–H and O–H groups in total.